The number of benzene rings is 2. The molecule has 286 valence electrons. The Labute approximate surface area is 321 Å². The van der Waals surface area contributed by atoms with Crippen LogP contribution in [0.25, 0.3) is 16.9 Å². The Hall–Kier alpha value is -7.03. The molecule has 0 unspecified atom stereocenters. The lowest BCUT2D eigenvalue weighted by Crippen LogP contribution is -2.43. The molecule has 5 N–H and O–H groups in total. The number of carbonyl (C=O) groups excluding carboxylic acids is 1. The predicted octanol–water partition coefficient (Wildman–Crippen LogP) is 7.07. The van der Waals surface area contributed by atoms with Gasteiger partial charge >= 0.3 is 11.9 Å². The van der Waals surface area contributed by atoms with E-state index >= 15 is 0 Å². The predicted molar refractivity (Wildman–Crippen MR) is 214 cm³/mol. The number of carboxylic acid groups (broad SMARTS) is 2. The zero-order chi connectivity index (χ0) is 41.1. The van der Waals surface area contributed by atoms with Crippen molar-refractivity contribution < 1.29 is 39.6 Å². The fourth-order valence-corrected chi connectivity index (χ4v) is 4.55. The molecule has 0 spiro atoms. The third-order valence-corrected chi connectivity index (χ3v) is 7.64. The molecule has 0 saturated carbocycles. The second-order valence-electron chi connectivity index (χ2n) is 11.3. The highest BCUT2D eigenvalue weighted by atomic mass is 28.4. The van der Waals surface area contributed by atoms with E-state index in [9.17, 15) is 19.2 Å². The van der Waals surface area contributed by atoms with Gasteiger partial charge in [-0.3, -0.25) is 14.8 Å². The van der Waals surface area contributed by atoms with Gasteiger partial charge in [0.15, 0.2) is 11.5 Å². The van der Waals surface area contributed by atoms with Gasteiger partial charge in [-0.05, 0) is 88.1 Å². The van der Waals surface area contributed by atoms with Gasteiger partial charge in [-0.25, -0.2) is 19.3 Å². The number of para-hydroxylation sites is 1. The van der Waals surface area contributed by atoms with E-state index in [0.29, 0.717) is 0 Å². The average molecular weight is 764 g/mol. The van der Waals surface area contributed by atoms with Crippen molar-refractivity contribution >= 4 is 31.4 Å². The minimum Gasteiger partial charge on any atom is -0.512 e. The Balaban J connectivity index is 0.000000335. The number of carbonyl (C=O) groups is 3. The van der Waals surface area contributed by atoms with E-state index in [4.69, 9.17) is 20.4 Å². The summed E-state index contributed by atoms with van der Waals surface area (Å²) in [6, 6.07) is 38.4. The highest BCUT2D eigenvalue weighted by molar-refractivity contribution is 6.82. The Morgan fingerprint density at radius 3 is 1.49 bits per heavy atom. The van der Waals surface area contributed by atoms with Gasteiger partial charge in [0.1, 0.15) is 5.69 Å². The van der Waals surface area contributed by atoms with Crippen LogP contribution in [-0.2, 0) is 9.59 Å². The molecule has 6 aromatic rings. The summed E-state index contributed by atoms with van der Waals surface area (Å²) in [6.07, 6.45) is 9.83. The number of carboxylic acids is 2. The summed E-state index contributed by atoms with van der Waals surface area (Å²) in [6.45, 7) is 9.27. The van der Waals surface area contributed by atoms with Gasteiger partial charge in [0.25, 0.3) is 0 Å². The van der Waals surface area contributed by atoms with Crippen LogP contribution in [0.5, 0.6) is 0 Å². The highest BCUT2D eigenvalue weighted by Gasteiger charge is 2.20. The monoisotopic (exact) mass is 763 g/mol. The van der Waals surface area contributed by atoms with Crippen LogP contribution in [0.3, 0.4) is 0 Å². The van der Waals surface area contributed by atoms with Gasteiger partial charge in [-0.15, -0.1) is 0 Å². The number of aliphatic carboxylic acids is 1. The SMILES string of the molecule is C=C(O)C(=O)O.CC(=O)/C=C(/C)O.C[Si](C)(O)c1ccccn1.O=C(O)c1ccccn1.c1ccc(-c2ccccn2)cc1.c1ccc(-n2cccn2)cc1. The molecule has 0 aliphatic carbocycles. The molecule has 6 rings (SSSR count). The second-order valence-corrected chi connectivity index (χ2v) is 14.9. The Kier molecular flexibility index (Phi) is 21.6. The first-order chi connectivity index (χ1) is 26.1. The van der Waals surface area contributed by atoms with Gasteiger partial charge in [-0.2, -0.15) is 5.10 Å². The van der Waals surface area contributed by atoms with Crippen LogP contribution >= 0.6 is 0 Å². The van der Waals surface area contributed by atoms with Crippen molar-refractivity contribution in [3.63, 3.8) is 0 Å². The molecule has 4 heterocycles. The van der Waals surface area contributed by atoms with Crippen LogP contribution in [0.1, 0.15) is 24.3 Å². The van der Waals surface area contributed by atoms with E-state index in [1.165, 1.54) is 32.2 Å². The molecule has 2 aromatic carbocycles. The molecule has 0 fully saturated rings. The van der Waals surface area contributed by atoms with Crippen LogP contribution in [0.15, 0.2) is 176 Å². The van der Waals surface area contributed by atoms with Crippen molar-refractivity contribution in [2.24, 2.45) is 0 Å². The van der Waals surface area contributed by atoms with E-state index in [0.717, 1.165) is 22.3 Å². The van der Waals surface area contributed by atoms with E-state index in [1.807, 2.05) is 121 Å². The molecule has 0 radical (unpaired) electrons. The maximum Gasteiger partial charge on any atom is 0.370 e. The molecule has 0 atom stereocenters. The number of aliphatic hydroxyl groups is 2. The van der Waals surface area contributed by atoms with Crippen molar-refractivity contribution in [2.75, 3.05) is 0 Å². The lowest BCUT2D eigenvalue weighted by molar-refractivity contribution is -0.135. The fourth-order valence-electron chi connectivity index (χ4n) is 3.65. The van der Waals surface area contributed by atoms with Crippen molar-refractivity contribution in [3.8, 4) is 16.9 Å². The first-order valence-corrected chi connectivity index (χ1v) is 19.3. The van der Waals surface area contributed by atoms with Crippen molar-refractivity contribution in [1.29, 1.82) is 0 Å². The summed E-state index contributed by atoms with van der Waals surface area (Å²) in [5.41, 5.74) is 3.37. The third kappa shape index (κ3) is 21.8. The van der Waals surface area contributed by atoms with E-state index < -0.39 is 26.0 Å². The van der Waals surface area contributed by atoms with Gasteiger partial charge in [0.05, 0.1) is 22.5 Å². The largest absolute Gasteiger partial charge is 0.512 e. The summed E-state index contributed by atoms with van der Waals surface area (Å²) in [7, 11) is -2.14. The number of ketones is 1. The molecule has 0 bridgehead atoms. The summed E-state index contributed by atoms with van der Waals surface area (Å²) in [4.78, 5) is 51.0. The highest BCUT2D eigenvalue weighted by Crippen LogP contribution is 2.14. The minimum atomic E-state index is -2.14. The molecule has 0 amide bonds. The number of hydrogen-bond acceptors (Lipinski definition) is 10. The number of allylic oxidation sites excluding steroid dienone is 2. The lowest BCUT2D eigenvalue weighted by Gasteiger charge is -2.11. The number of aromatic carboxylic acids is 1. The zero-order valence-electron chi connectivity index (χ0n) is 30.9. The van der Waals surface area contributed by atoms with Gasteiger partial charge in [-0.1, -0.05) is 66.7 Å². The van der Waals surface area contributed by atoms with Gasteiger partial charge < -0.3 is 25.2 Å². The summed E-state index contributed by atoms with van der Waals surface area (Å²) in [5.74, 6) is -3.26. The Morgan fingerprint density at radius 1 is 0.655 bits per heavy atom. The van der Waals surface area contributed by atoms with Crippen LogP contribution in [0.2, 0.25) is 13.1 Å². The molecule has 13 nitrogen and oxygen atoms in total. The molecule has 0 aliphatic heterocycles. The van der Waals surface area contributed by atoms with Crippen LogP contribution in [0, 0.1) is 0 Å². The first kappa shape index (κ1) is 46.0. The Morgan fingerprint density at radius 2 is 1.16 bits per heavy atom. The molecule has 0 saturated heterocycles. The second kappa shape index (κ2) is 25.8. The number of pyridine rings is 3. The van der Waals surface area contributed by atoms with Crippen molar-refractivity contribution in [3.05, 3.63) is 182 Å². The van der Waals surface area contributed by atoms with Crippen molar-refractivity contribution in [1.82, 2.24) is 24.7 Å². The molecular weight excluding hydrogens is 719 g/mol. The van der Waals surface area contributed by atoms with Crippen LogP contribution in [0.4, 0.5) is 0 Å². The standard InChI is InChI=1S/C11H9N.C9H8N2.C7H11NOSi.C6H5NO2.C5H8O2.C3H4O3/c1-2-6-10(7-3-1)11-8-4-5-9-12-11;1-2-5-9(6-3-1)11-8-4-7-10-11;1-10(2,9)7-5-3-4-6-8-7;8-6(9)5-3-1-2-4-7-5;1-4(6)3-5(2)7;1-2(4)3(5)6/h1-9H;1-8H;3-6,9H,1-2H3;1-4H,(H,8,9);3,6H,1-2H3;4H,1H2,(H,5,6)/b;;;;4-3-;. The fraction of sp³-hybridized carbons (Fsp3) is 0.0976. The van der Waals surface area contributed by atoms with Gasteiger partial charge in [0.2, 0.25) is 8.32 Å². The van der Waals surface area contributed by atoms with Crippen molar-refractivity contribution in [2.45, 2.75) is 26.9 Å². The molecule has 4 aromatic heterocycles. The minimum absolute atomic E-state index is 0.0625. The zero-order valence-corrected chi connectivity index (χ0v) is 31.9. The lowest BCUT2D eigenvalue weighted by atomic mass is 10.1. The number of rotatable bonds is 6. The normalized spacial score (nSPS) is 9.87. The smallest absolute Gasteiger partial charge is 0.370 e. The van der Waals surface area contributed by atoms with E-state index in [-0.39, 0.29) is 17.2 Å². The van der Waals surface area contributed by atoms with E-state index in [1.54, 1.807) is 24.5 Å². The third-order valence-electron chi connectivity index (χ3n) is 6.09. The van der Waals surface area contributed by atoms with Crippen LogP contribution in [-0.4, -0.2) is 76.0 Å². The average Bonchev–Trinajstić information content (AvgIpc) is 3.73. The first-order valence-electron chi connectivity index (χ1n) is 16.4. The maximum absolute atomic E-state index is 10.1. The number of aliphatic hydroxyl groups excluding tert-OH is 2. The molecular formula is C41H45N5O8Si. The molecule has 55 heavy (non-hydrogen) atoms. The molecule has 0 aliphatic rings. The maximum atomic E-state index is 10.1. The summed E-state index contributed by atoms with van der Waals surface area (Å²) in [5, 5.41) is 37.1. The topological polar surface area (TPSA) is 209 Å². The number of aromatic nitrogens is 5. The molecule has 14 heteroatoms. The van der Waals surface area contributed by atoms with Gasteiger partial charge in [0, 0.05) is 42.6 Å². The van der Waals surface area contributed by atoms with Crippen LogP contribution < -0.4 is 5.32 Å². The summed E-state index contributed by atoms with van der Waals surface area (Å²) >= 11 is 0. The Bertz CT molecular complexity index is 1940. The quantitative estimate of drug-likeness (QED) is 0.0656. The van der Waals surface area contributed by atoms with E-state index in [2.05, 4.69) is 38.8 Å². The number of nitrogens with zero attached hydrogens (tertiary/aromatic N) is 5. The summed E-state index contributed by atoms with van der Waals surface area (Å²) < 4.78 is 1.83. The number of hydrogen-bond donors (Lipinski definition) is 5.